The Kier molecular flexibility index (Phi) is 6.79. The highest BCUT2D eigenvalue weighted by molar-refractivity contribution is 5.49. The molecule has 0 amide bonds. The van der Waals surface area contributed by atoms with Crippen molar-refractivity contribution in [2.24, 2.45) is 0 Å². The molecule has 1 saturated heterocycles. The van der Waals surface area contributed by atoms with E-state index in [0.29, 0.717) is 12.3 Å². The van der Waals surface area contributed by atoms with Gasteiger partial charge in [0.15, 0.2) is 17.3 Å². The molecule has 3 aromatic rings. The van der Waals surface area contributed by atoms with Gasteiger partial charge in [0, 0.05) is 38.3 Å². The molecular formula is C23H30N6O2. The normalized spacial score (nSPS) is 16.2. The van der Waals surface area contributed by atoms with E-state index in [9.17, 15) is 0 Å². The summed E-state index contributed by atoms with van der Waals surface area (Å²) in [6.45, 7) is 4.55. The lowest BCUT2D eigenvalue weighted by Gasteiger charge is -2.38. The summed E-state index contributed by atoms with van der Waals surface area (Å²) in [7, 11) is 5.50. The van der Waals surface area contributed by atoms with Crippen molar-refractivity contribution in [2.45, 2.75) is 19.0 Å². The molecule has 0 spiro atoms. The van der Waals surface area contributed by atoms with Crippen molar-refractivity contribution >= 4 is 0 Å². The number of aromatic nitrogens is 4. The molecule has 4 rings (SSSR count). The van der Waals surface area contributed by atoms with Crippen LogP contribution < -0.4 is 9.47 Å². The van der Waals surface area contributed by atoms with Crippen LogP contribution >= 0.6 is 0 Å². The summed E-state index contributed by atoms with van der Waals surface area (Å²) in [5.41, 5.74) is 2.28. The number of piperazine rings is 1. The lowest BCUT2D eigenvalue weighted by molar-refractivity contribution is 0.120. The number of aryl methyl sites for hydroxylation is 2. The summed E-state index contributed by atoms with van der Waals surface area (Å²) in [5.74, 6) is 2.26. The number of hydrogen-bond donors (Lipinski definition) is 0. The second-order valence-electron chi connectivity index (χ2n) is 7.82. The topological polar surface area (TPSA) is 68.5 Å². The van der Waals surface area contributed by atoms with Gasteiger partial charge < -0.3 is 14.4 Å². The van der Waals surface area contributed by atoms with Gasteiger partial charge in [-0.25, -0.2) is 4.68 Å². The Bertz CT molecular complexity index is 969. The van der Waals surface area contributed by atoms with Gasteiger partial charge in [0.05, 0.1) is 14.2 Å². The minimum absolute atomic E-state index is 0.121. The minimum atomic E-state index is -0.121. The number of ether oxygens (including phenoxy) is 2. The highest BCUT2D eigenvalue weighted by atomic mass is 16.5. The third kappa shape index (κ3) is 4.70. The van der Waals surface area contributed by atoms with E-state index in [4.69, 9.17) is 9.47 Å². The number of nitrogens with zero attached hydrogens (tertiary/aromatic N) is 6. The van der Waals surface area contributed by atoms with Crippen molar-refractivity contribution in [1.29, 1.82) is 0 Å². The third-order valence-corrected chi connectivity index (χ3v) is 5.89. The Morgan fingerprint density at radius 2 is 1.71 bits per heavy atom. The smallest absolute Gasteiger partial charge is 0.173 e. The molecule has 1 aliphatic rings. The number of para-hydroxylation sites is 1. The first kappa shape index (κ1) is 21.3. The summed E-state index contributed by atoms with van der Waals surface area (Å²) >= 11 is 0. The second-order valence-corrected chi connectivity index (χ2v) is 7.82. The molecule has 31 heavy (non-hydrogen) atoms. The molecule has 0 N–H and O–H groups in total. The zero-order valence-electron chi connectivity index (χ0n) is 18.4. The molecule has 1 atom stereocenters. The lowest BCUT2D eigenvalue weighted by Crippen LogP contribution is -2.46. The molecule has 0 unspecified atom stereocenters. The van der Waals surface area contributed by atoms with Crippen LogP contribution in [0.3, 0.4) is 0 Å². The van der Waals surface area contributed by atoms with Gasteiger partial charge in [-0.2, -0.15) is 0 Å². The van der Waals surface area contributed by atoms with Crippen LogP contribution in [0.1, 0.15) is 23.0 Å². The molecule has 2 heterocycles. The summed E-state index contributed by atoms with van der Waals surface area (Å²) in [6.07, 6.45) is 0.865. The maximum absolute atomic E-state index is 5.79. The van der Waals surface area contributed by atoms with Crippen LogP contribution in [0.15, 0.2) is 48.5 Å². The van der Waals surface area contributed by atoms with Crippen molar-refractivity contribution in [3.63, 3.8) is 0 Å². The van der Waals surface area contributed by atoms with E-state index in [1.807, 2.05) is 22.9 Å². The molecule has 0 radical (unpaired) electrons. The van der Waals surface area contributed by atoms with Gasteiger partial charge in [-0.15, -0.1) is 5.10 Å². The zero-order valence-corrected chi connectivity index (χ0v) is 18.4. The Morgan fingerprint density at radius 1 is 0.935 bits per heavy atom. The quantitative estimate of drug-likeness (QED) is 0.552. The van der Waals surface area contributed by atoms with Crippen LogP contribution in [0.2, 0.25) is 0 Å². The van der Waals surface area contributed by atoms with Crippen LogP contribution in [0.4, 0.5) is 0 Å². The maximum Gasteiger partial charge on any atom is 0.173 e. The highest BCUT2D eigenvalue weighted by Crippen LogP contribution is 2.39. The first-order valence-electron chi connectivity index (χ1n) is 10.6. The molecule has 0 bridgehead atoms. The SMILES string of the molecule is COc1cccc([C@H](c2nnnn2CCc2ccccc2)N2CCN(C)CC2)c1OC. The molecule has 164 valence electrons. The fourth-order valence-electron chi connectivity index (χ4n) is 4.15. The van der Waals surface area contributed by atoms with Gasteiger partial charge in [0.1, 0.15) is 6.04 Å². The van der Waals surface area contributed by atoms with Gasteiger partial charge in [0.2, 0.25) is 0 Å². The van der Waals surface area contributed by atoms with Gasteiger partial charge in [-0.05, 0) is 35.5 Å². The van der Waals surface area contributed by atoms with Crippen LogP contribution in [-0.4, -0.2) is 77.5 Å². The largest absolute Gasteiger partial charge is 0.493 e. The molecule has 1 aromatic heterocycles. The van der Waals surface area contributed by atoms with Crippen molar-refractivity contribution in [3.8, 4) is 11.5 Å². The van der Waals surface area contributed by atoms with Crippen LogP contribution in [-0.2, 0) is 13.0 Å². The number of rotatable bonds is 8. The Hall–Kier alpha value is -2.97. The highest BCUT2D eigenvalue weighted by Gasteiger charge is 2.32. The lowest BCUT2D eigenvalue weighted by atomic mass is 10.0. The molecule has 0 saturated carbocycles. The Labute approximate surface area is 183 Å². The predicted molar refractivity (Wildman–Crippen MR) is 118 cm³/mol. The fraction of sp³-hybridized carbons (Fsp3) is 0.435. The average molecular weight is 423 g/mol. The number of likely N-dealkylation sites (N-methyl/N-ethyl adjacent to an activating group) is 1. The molecule has 8 nitrogen and oxygen atoms in total. The van der Waals surface area contributed by atoms with Gasteiger partial charge in [-0.1, -0.05) is 42.5 Å². The van der Waals surface area contributed by atoms with Gasteiger partial charge in [-0.3, -0.25) is 4.90 Å². The van der Waals surface area contributed by atoms with Gasteiger partial charge >= 0.3 is 0 Å². The van der Waals surface area contributed by atoms with E-state index in [2.05, 4.69) is 62.7 Å². The van der Waals surface area contributed by atoms with E-state index in [1.54, 1.807) is 14.2 Å². The summed E-state index contributed by atoms with van der Waals surface area (Å²) in [4.78, 5) is 4.77. The number of methoxy groups -OCH3 is 2. The molecule has 8 heteroatoms. The standard InChI is InChI=1S/C23H30N6O2/c1-27-14-16-28(17-15-27)21(19-10-7-11-20(30-2)22(19)31-3)23-24-25-26-29(23)13-12-18-8-5-4-6-9-18/h4-11,21H,12-17H2,1-3H3/t21-/m1/s1. The number of hydrogen-bond acceptors (Lipinski definition) is 7. The minimum Gasteiger partial charge on any atom is -0.493 e. The van der Waals surface area contributed by atoms with E-state index >= 15 is 0 Å². The Balaban J connectivity index is 1.70. The van der Waals surface area contributed by atoms with E-state index in [-0.39, 0.29) is 6.04 Å². The van der Waals surface area contributed by atoms with E-state index in [1.165, 1.54) is 5.56 Å². The summed E-state index contributed by atoms with van der Waals surface area (Å²) in [5, 5.41) is 12.9. The first-order valence-corrected chi connectivity index (χ1v) is 10.6. The second kappa shape index (κ2) is 9.89. The molecule has 2 aromatic carbocycles. The van der Waals surface area contributed by atoms with Crippen molar-refractivity contribution in [3.05, 3.63) is 65.5 Å². The van der Waals surface area contributed by atoms with Crippen molar-refractivity contribution in [2.75, 3.05) is 47.4 Å². The van der Waals surface area contributed by atoms with Crippen LogP contribution in [0.25, 0.3) is 0 Å². The van der Waals surface area contributed by atoms with Crippen LogP contribution in [0.5, 0.6) is 11.5 Å². The van der Waals surface area contributed by atoms with Crippen molar-refractivity contribution < 1.29 is 9.47 Å². The van der Waals surface area contributed by atoms with E-state index in [0.717, 1.165) is 49.7 Å². The summed E-state index contributed by atoms with van der Waals surface area (Å²) < 4.78 is 13.3. The van der Waals surface area contributed by atoms with E-state index < -0.39 is 0 Å². The predicted octanol–water partition coefficient (Wildman–Crippen LogP) is 2.27. The van der Waals surface area contributed by atoms with Gasteiger partial charge in [0.25, 0.3) is 0 Å². The molecular weight excluding hydrogens is 392 g/mol. The fourth-order valence-corrected chi connectivity index (χ4v) is 4.15. The van der Waals surface area contributed by atoms with Crippen molar-refractivity contribution in [1.82, 2.24) is 30.0 Å². The summed E-state index contributed by atoms with van der Waals surface area (Å²) in [6, 6.07) is 16.3. The average Bonchev–Trinajstić information content (AvgIpc) is 3.27. The number of tetrazole rings is 1. The molecule has 1 aliphatic heterocycles. The maximum atomic E-state index is 5.79. The van der Waals surface area contributed by atoms with Crippen LogP contribution in [0, 0.1) is 0 Å². The molecule has 0 aliphatic carbocycles. The third-order valence-electron chi connectivity index (χ3n) is 5.89. The zero-order chi connectivity index (χ0) is 21.6. The molecule has 1 fully saturated rings. The number of benzene rings is 2. The Morgan fingerprint density at radius 3 is 2.42 bits per heavy atom. The monoisotopic (exact) mass is 422 g/mol. The first-order chi connectivity index (χ1) is 15.2.